The second-order valence-corrected chi connectivity index (χ2v) is 7.30. The summed E-state index contributed by atoms with van der Waals surface area (Å²) in [5.41, 5.74) is 0.318. The quantitative estimate of drug-likeness (QED) is 0.861. The molecule has 6 nitrogen and oxygen atoms in total. The van der Waals surface area contributed by atoms with E-state index in [2.05, 4.69) is 15.9 Å². The van der Waals surface area contributed by atoms with E-state index in [0.717, 1.165) is 12.8 Å². The van der Waals surface area contributed by atoms with E-state index in [1.807, 2.05) is 0 Å². The van der Waals surface area contributed by atoms with Crippen LogP contribution in [0.5, 0.6) is 0 Å². The van der Waals surface area contributed by atoms with E-state index in [1.54, 1.807) is 18.1 Å². The monoisotopic (exact) mass is 376 g/mol. The highest BCUT2D eigenvalue weighted by Gasteiger charge is 2.24. The zero-order valence-electron chi connectivity index (χ0n) is 11.6. The van der Waals surface area contributed by atoms with Gasteiger partial charge in [-0.2, -0.15) is 0 Å². The van der Waals surface area contributed by atoms with Crippen molar-refractivity contribution in [3.63, 3.8) is 0 Å². The zero-order valence-corrected chi connectivity index (χ0v) is 14.0. The molecule has 1 aromatic rings. The number of halogens is 1. The number of sulfonamides is 1. The van der Waals surface area contributed by atoms with Crippen LogP contribution in [-0.2, 0) is 14.8 Å². The number of likely N-dealkylation sites (tertiary alicyclic amines) is 1. The first-order valence-electron chi connectivity index (χ1n) is 6.47. The van der Waals surface area contributed by atoms with Crippen molar-refractivity contribution in [2.45, 2.75) is 23.8 Å². The third-order valence-corrected chi connectivity index (χ3v) is 5.45. The molecule has 1 heterocycles. The number of methoxy groups -OCH3 is 1. The molecule has 0 saturated carbocycles. The molecule has 0 aliphatic carbocycles. The summed E-state index contributed by atoms with van der Waals surface area (Å²) in [4.78, 5) is 14.0. The van der Waals surface area contributed by atoms with Crippen LogP contribution in [-0.4, -0.2) is 45.5 Å². The number of rotatable bonds is 3. The van der Waals surface area contributed by atoms with Crippen LogP contribution in [0.2, 0.25) is 0 Å². The fourth-order valence-electron chi connectivity index (χ4n) is 2.33. The van der Waals surface area contributed by atoms with Crippen LogP contribution < -0.4 is 5.14 Å². The Morgan fingerprint density at radius 2 is 2.00 bits per heavy atom. The molecule has 1 saturated heterocycles. The van der Waals surface area contributed by atoms with Gasteiger partial charge in [0, 0.05) is 30.2 Å². The maximum atomic E-state index is 12.4. The summed E-state index contributed by atoms with van der Waals surface area (Å²) in [6.07, 6.45) is 1.74. The summed E-state index contributed by atoms with van der Waals surface area (Å²) < 4.78 is 28.6. The van der Waals surface area contributed by atoms with Crippen LogP contribution in [0.3, 0.4) is 0 Å². The molecule has 1 aliphatic heterocycles. The third kappa shape index (κ3) is 3.82. The standard InChI is InChI=1S/C13H17BrN2O4S/c1-20-10-4-6-16(7-5-10)13(17)9-2-3-11(14)12(8-9)21(15,18)19/h2-3,8,10H,4-7H2,1H3,(H2,15,18,19). The van der Waals surface area contributed by atoms with Crippen molar-refractivity contribution in [1.82, 2.24) is 4.90 Å². The number of carbonyl (C=O) groups excluding carboxylic acids is 1. The van der Waals surface area contributed by atoms with E-state index in [9.17, 15) is 13.2 Å². The first-order chi connectivity index (χ1) is 9.82. The Kier molecular flexibility index (Phi) is 5.03. The molecule has 21 heavy (non-hydrogen) atoms. The Morgan fingerprint density at radius 1 is 1.38 bits per heavy atom. The van der Waals surface area contributed by atoms with E-state index in [1.165, 1.54) is 12.1 Å². The topological polar surface area (TPSA) is 89.7 Å². The van der Waals surface area contributed by atoms with Gasteiger partial charge in [-0.05, 0) is 47.0 Å². The molecular formula is C13H17BrN2O4S. The highest BCUT2D eigenvalue weighted by atomic mass is 79.9. The normalized spacial score (nSPS) is 17.0. The predicted octanol–water partition coefficient (Wildman–Crippen LogP) is 1.35. The summed E-state index contributed by atoms with van der Waals surface area (Å²) in [7, 11) is -2.21. The average molecular weight is 377 g/mol. The van der Waals surface area contributed by atoms with Gasteiger partial charge in [-0.1, -0.05) is 0 Å². The van der Waals surface area contributed by atoms with Gasteiger partial charge in [-0.3, -0.25) is 4.79 Å². The molecule has 0 spiro atoms. The number of hydrogen-bond acceptors (Lipinski definition) is 4. The lowest BCUT2D eigenvalue weighted by atomic mass is 10.1. The van der Waals surface area contributed by atoms with Crippen LogP contribution in [0.15, 0.2) is 27.6 Å². The van der Waals surface area contributed by atoms with E-state index in [4.69, 9.17) is 9.88 Å². The van der Waals surface area contributed by atoms with Crippen molar-refractivity contribution in [2.24, 2.45) is 5.14 Å². The van der Waals surface area contributed by atoms with E-state index in [-0.39, 0.29) is 16.9 Å². The van der Waals surface area contributed by atoms with Gasteiger partial charge in [-0.25, -0.2) is 13.6 Å². The van der Waals surface area contributed by atoms with Gasteiger partial charge in [0.1, 0.15) is 0 Å². The van der Waals surface area contributed by atoms with Crippen molar-refractivity contribution in [2.75, 3.05) is 20.2 Å². The van der Waals surface area contributed by atoms with Gasteiger partial charge >= 0.3 is 0 Å². The van der Waals surface area contributed by atoms with Crippen molar-refractivity contribution in [3.05, 3.63) is 28.2 Å². The van der Waals surface area contributed by atoms with Crippen LogP contribution >= 0.6 is 15.9 Å². The lowest BCUT2D eigenvalue weighted by Gasteiger charge is -2.31. The summed E-state index contributed by atoms with van der Waals surface area (Å²) in [6.45, 7) is 1.19. The first kappa shape index (κ1) is 16.4. The van der Waals surface area contributed by atoms with Gasteiger partial charge in [-0.15, -0.1) is 0 Å². The number of piperidine rings is 1. The SMILES string of the molecule is COC1CCN(C(=O)c2ccc(Br)c(S(N)(=O)=O)c2)CC1. The fourth-order valence-corrected chi connectivity index (χ4v) is 3.89. The average Bonchev–Trinajstić information content (AvgIpc) is 2.46. The molecule has 1 amide bonds. The molecule has 0 aromatic heterocycles. The number of benzene rings is 1. The molecular weight excluding hydrogens is 360 g/mol. The van der Waals surface area contributed by atoms with Crippen molar-refractivity contribution >= 4 is 31.9 Å². The number of nitrogens with two attached hydrogens (primary N) is 1. The number of hydrogen-bond donors (Lipinski definition) is 1. The number of carbonyl (C=O) groups is 1. The molecule has 2 rings (SSSR count). The molecule has 8 heteroatoms. The molecule has 116 valence electrons. The predicted molar refractivity (Wildman–Crippen MR) is 81.4 cm³/mol. The fraction of sp³-hybridized carbons (Fsp3) is 0.462. The number of ether oxygens (including phenoxy) is 1. The molecule has 2 N–H and O–H groups in total. The Labute approximate surface area is 132 Å². The molecule has 0 atom stereocenters. The largest absolute Gasteiger partial charge is 0.381 e. The van der Waals surface area contributed by atoms with Crippen molar-refractivity contribution < 1.29 is 17.9 Å². The van der Waals surface area contributed by atoms with Gasteiger partial charge in [0.15, 0.2) is 0 Å². The second kappa shape index (κ2) is 6.43. The Hall–Kier alpha value is -0.960. The summed E-state index contributed by atoms with van der Waals surface area (Å²) in [5, 5.41) is 5.14. The molecule has 0 radical (unpaired) electrons. The van der Waals surface area contributed by atoms with Crippen LogP contribution in [0.25, 0.3) is 0 Å². The van der Waals surface area contributed by atoms with Crippen LogP contribution in [0.4, 0.5) is 0 Å². The minimum Gasteiger partial charge on any atom is -0.381 e. The molecule has 0 unspecified atom stereocenters. The first-order valence-corrected chi connectivity index (χ1v) is 8.81. The van der Waals surface area contributed by atoms with Gasteiger partial charge in [0.2, 0.25) is 10.0 Å². The minimum absolute atomic E-state index is 0.0832. The highest BCUT2D eigenvalue weighted by molar-refractivity contribution is 9.10. The Bertz CT molecular complexity index is 640. The van der Waals surface area contributed by atoms with E-state index < -0.39 is 10.0 Å². The lowest BCUT2D eigenvalue weighted by Crippen LogP contribution is -2.40. The maximum Gasteiger partial charge on any atom is 0.253 e. The maximum absolute atomic E-state index is 12.4. The van der Waals surface area contributed by atoms with Crippen molar-refractivity contribution in [1.29, 1.82) is 0 Å². The smallest absolute Gasteiger partial charge is 0.253 e. The molecule has 0 bridgehead atoms. The zero-order chi connectivity index (χ0) is 15.6. The molecule has 1 aromatic carbocycles. The van der Waals surface area contributed by atoms with Crippen molar-refractivity contribution in [3.8, 4) is 0 Å². The summed E-state index contributed by atoms with van der Waals surface area (Å²) in [6, 6.07) is 4.42. The minimum atomic E-state index is -3.87. The van der Waals surface area contributed by atoms with Crippen LogP contribution in [0, 0.1) is 0 Å². The van der Waals surface area contributed by atoms with E-state index in [0.29, 0.717) is 23.1 Å². The number of amides is 1. The lowest BCUT2D eigenvalue weighted by molar-refractivity contribution is 0.0350. The summed E-state index contributed by atoms with van der Waals surface area (Å²) >= 11 is 3.13. The third-order valence-electron chi connectivity index (χ3n) is 3.55. The molecule has 1 aliphatic rings. The second-order valence-electron chi connectivity index (χ2n) is 4.92. The van der Waals surface area contributed by atoms with Crippen LogP contribution in [0.1, 0.15) is 23.2 Å². The highest BCUT2D eigenvalue weighted by Crippen LogP contribution is 2.23. The van der Waals surface area contributed by atoms with Gasteiger partial charge in [0.25, 0.3) is 5.91 Å². The Morgan fingerprint density at radius 3 is 2.52 bits per heavy atom. The Balaban J connectivity index is 2.21. The summed E-state index contributed by atoms with van der Waals surface area (Å²) in [5.74, 6) is -0.193. The number of primary sulfonamides is 1. The van der Waals surface area contributed by atoms with Gasteiger partial charge < -0.3 is 9.64 Å². The number of nitrogens with zero attached hydrogens (tertiary/aromatic N) is 1. The molecule has 1 fully saturated rings. The van der Waals surface area contributed by atoms with E-state index >= 15 is 0 Å². The van der Waals surface area contributed by atoms with Gasteiger partial charge in [0.05, 0.1) is 11.0 Å².